The van der Waals surface area contributed by atoms with Crippen LogP contribution in [-0.2, 0) is 112 Å². The zero-order chi connectivity index (χ0) is 108. The van der Waals surface area contributed by atoms with Gasteiger partial charge >= 0.3 is 11.9 Å². The number of amides is 16. The van der Waals surface area contributed by atoms with Crippen molar-refractivity contribution in [2.45, 2.75) is 328 Å². The van der Waals surface area contributed by atoms with Gasteiger partial charge in [0.2, 0.25) is 94.5 Å². The number of nitrogens with one attached hydrogen (secondary N) is 8. The quantitative estimate of drug-likeness (QED) is 0.0690. The Hall–Kier alpha value is -12.7. The lowest BCUT2D eigenvalue weighted by atomic mass is 9.83. The highest BCUT2D eigenvalue weighted by molar-refractivity contribution is 5.96. The lowest BCUT2D eigenvalue weighted by Crippen LogP contribution is -2.57. The summed E-state index contributed by atoms with van der Waals surface area (Å²) in [6, 6.07) is 25.6. The van der Waals surface area contributed by atoms with Crippen molar-refractivity contribution in [1.82, 2.24) is 81.7 Å². The molecule has 38 heteroatoms. The number of carboxylic acid groups (broad SMARTS) is 2. The summed E-state index contributed by atoms with van der Waals surface area (Å²) in [5, 5.41) is 63.9. The number of hydrogen-bond acceptors (Lipinski definition) is 20. The molecular weight excluding hydrogens is 1920 g/mol. The maximum Gasteiger partial charge on any atom is 0.303 e. The molecule has 2 saturated heterocycles. The highest BCUT2D eigenvalue weighted by Crippen LogP contribution is 2.39. The molecule has 4 aromatic rings. The van der Waals surface area contributed by atoms with E-state index in [-0.39, 0.29) is 148 Å². The van der Waals surface area contributed by atoms with Crippen LogP contribution in [-0.4, -0.2) is 332 Å². The normalized spacial score (nSPS) is 31.4. The van der Waals surface area contributed by atoms with Gasteiger partial charge in [-0.15, -0.1) is 0 Å². The van der Waals surface area contributed by atoms with Crippen LogP contribution in [0.15, 0.2) is 121 Å². The summed E-state index contributed by atoms with van der Waals surface area (Å²) in [6.45, 7) is -1.27. The summed E-state index contributed by atoms with van der Waals surface area (Å²) in [5.41, 5.74) is 3.32. The molecule has 0 spiro atoms. The van der Waals surface area contributed by atoms with Crippen molar-refractivity contribution in [3.63, 3.8) is 0 Å². The lowest BCUT2D eigenvalue weighted by molar-refractivity contribution is -0.143. The van der Waals surface area contributed by atoms with Crippen molar-refractivity contribution < 1.29 is 107 Å². The van der Waals surface area contributed by atoms with Crippen LogP contribution in [0.2, 0.25) is 0 Å². The first-order valence-electron chi connectivity index (χ1n) is 54.2. The predicted octanol–water partition coefficient (Wildman–Crippen LogP) is 5.14. The van der Waals surface area contributed by atoms with E-state index in [2.05, 4.69) is 42.5 Å². The number of likely N-dealkylation sites (N-methyl/N-ethyl adjacent to an activating group) is 8. The number of nitrogens with zero attached hydrogens (tertiary/aromatic N) is 8. The zero-order valence-corrected chi connectivity index (χ0v) is 88.0. The number of aliphatic carboxylic acids is 2. The predicted molar refractivity (Wildman–Crippen MR) is 554 cm³/mol. The Balaban J connectivity index is 0.000000250. The number of hydrogen-bond donors (Lipinski definition) is 12. The zero-order valence-electron chi connectivity index (χ0n) is 88.0. The van der Waals surface area contributed by atoms with E-state index in [1.165, 1.54) is 19.6 Å². The van der Waals surface area contributed by atoms with Crippen molar-refractivity contribution in [2.75, 3.05) is 69.6 Å². The molecule has 150 heavy (non-hydrogen) atoms. The maximum absolute atomic E-state index is 14.6. The molecule has 24 atom stereocenters. The number of benzene rings is 4. The van der Waals surface area contributed by atoms with Gasteiger partial charge in [0, 0.05) is 191 Å². The molecule has 38 nitrogen and oxygen atoms in total. The molecule has 816 valence electrons. The Bertz CT molecular complexity index is 5070. The number of aliphatic hydroxyl groups excluding tert-OH is 2. The third kappa shape index (κ3) is 30.0. The second kappa shape index (κ2) is 53.8. The maximum atomic E-state index is 14.6. The molecule has 10 fully saturated rings. The van der Waals surface area contributed by atoms with Gasteiger partial charge < -0.3 is 102 Å². The van der Waals surface area contributed by atoms with Gasteiger partial charge in [-0.3, -0.25) is 86.3 Å². The molecule has 0 aromatic heterocycles. The number of fused-ring (bicyclic) bond motifs is 16. The van der Waals surface area contributed by atoms with Crippen LogP contribution in [0.5, 0.6) is 0 Å². The SMILES string of the molecule is CN1C(=O)[C@@H](CCC(=O)O)NC(=O)[C@@H]2CC[C@@H](C2)N(C)C(=O)[C@@H](Cc2ccccc2)NC(=O)[C@@H]2CC[C@@H](C2)N(C)C(=O)[C@@H](CCC(=O)O)NC(=O)[C@@H]2CC[C@@H](C2)N(C)C(=O)[C@@H](Cc2ccccc2)NC(=O)[C@@H]2CC[C@H]1C2.CN1C(=O)[C@@H](CO)NC(=O)[C@@H]2CCC[C@@H](C2)N(C)C(=O)[C@@H](Cc2ccccc2)NC(=O)[C@@H]2CCC[C@@H](C2)N(C)C(=O)[C@@H](CO)NC(=O)[C@@H]2CCC[C@@H](C2)N(C)C(=O)[C@@H](Cc2ccccc2)NC(=O)[C@@H]2CCC[C@H]1C2. The molecular formula is C112H156N16O22. The smallest absolute Gasteiger partial charge is 0.303 e. The Kier molecular flexibility index (Phi) is 41.0. The third-order valence-electron chi connectivity index (χ3n) is 34.0. The molecule has 0 radical (unpaired) electrons. The van der Waals surface area contributed by atoms with Gasteiger partial charge in [-0.05, 0) is 189 Å². The molecule has 4 aromatic carbocycles. The highest BCUT2D eigenvalue weighted by Gasteiger charge is 2.48. The Morgan fingerprint density at radius 3 is 0.573 bits per heavy atom. The van der Waals surface area contributed by atoms with Crippen LogP contribution in [0.4, 0.5) is 0 Å². The van der Waals surface area contributed by atoms with E-state index in [0.29, 0.717) is 154 Å². The fraction of sp³-hybridized carbons (Fsp3) is 0.625. The first-order chi connectivity index (χ1) is 71.8. The van der Waals surface area contributed by atoms with Crippen LogP contribution < -0.4 is 42.5 Å². The standard InChI is InChI=1S/C56H76N8O12.C56H80N8O10/c1-61-39-19-17-37(31-39)51(71)59-45(27-33-11-7-5-8-12-33)55(75)64(4)42-22-16-36(30-42)50(70)58-44(24-26-48(67)68)54(74)62(2)40-20-18-38(32-40)52(72)60-46(28-34-13-9-6-10-14-34)56(76)63(3)41-21-15-35(29-41)49(69)57-43(53(61)73)23-25-47(65)66;1-61-41-23-13-21-39(31-41)51(69)59-47(33-65)55(73)64(4)44-26-12-20-38(30-44)50(68)58-46(28-36-17-9-6-10-18-36)54(72)62(2)42-24-14-22-40(32-42)52(70)60-48(34-66)56(74)63(3)43-25-11-19-37(29-43)49(67)57-45(53(61)71)27-35-15-7-5-8-16-35/h5-14,35-46H,15-32H2,1-4H3,(H,57,69)(H,58,70)(H,59,71)(H,60,72)(H,65,66)(H,67,68);5-10,15-18,37-48,65-66H,11-14,19-34H2,1-4H3,(H,57,67)(H,58,68)(H,59,69)(H,60,70)/t35-,36-,37-,38-,39+,40+,41+,42+,43-,44-,45-,46-;37-,38-,39-,40-,41+,42+,43+,44+,45-,46-,47-,48-/m11/s1. The minimum Gasteiger partial charge on any atom is -0.481 e. The average molecular weight is 2080 g/mol. The van der Waals surface area contributed by atoms with E-state index in [1.54, 1.807) is 76.0 Å². The molecule has 8 saturated carbocycles. The largest absolute Gasteiger partial charge is 0.481 e. The number of carbonyl (C=O) groups excluding carboxylic acids is 16. The molecule has 16 bridgehead atoms. The summed E-state index contributed by atoms with van der Waals surface area (Å²) >= 11 is 0. The minimum atomic E-state index is -1.23. The Labute approximate surface area is 878 Å². The van der Waals surface area contributed by atoms with E-state index in [0.717, 1.165) is 22.3 Å². The summed E-state index contributed by atoms with van der Waals surface area (Å²) in [6.07, 6.45) is 12.5. The number of aliphatic hydroxyl groups is 2. The van der Waals surface area contributed by atoms with E-state index < -0.39 is 192 Å². The van der Waals surface area contributed by atoms with Gasteiger partial charge in [0.05, 0.1) is 13.2 Å². The minimum absolute atomic E-state index is 0.166. The van der Waals surface area contributed by atoms with Gasteiger partial charge in [0.1, 0.15) is 48.3 Å². The fourth-order valence-corrected chi connectivity index (χ4v) is 24.5. The summed E-state index contributed by atoms with van der Waals surface area (Å²) in [7, 11) is 13.1. The Morgan fingerprint density at radius 2 is 0.387 bits per heavy atom. The van der Waals surface area contributed by atoms with E-state index >= 15 is 0 Å². The van der Waals surface area contributed by atoms with Gasteiger partial charge in [-0.25, -0.2) is 0 Å². The molecule has 14 rings (SSSR count). The van der Waals surface area contributed by atoms with Gasteiger partial charge in [0.25, 0.3) is 0 Å². The van der Waals surface area contributed by atoms with E-state index in [4.69, 9.17) is 0 Å². The third-order valence-corrected chi connectivity index (χ3v) is 34.0. The second-order valence-electron chi connectivity index (χ2n) is 43.8. The first kappa shape index (κ1) is 114. The number of carboxylic acids is 2. The van der Waals surface area contributed by atoms with Crippen molar-refractivity contribution in [2.24, 2.45) is 47.3 Å². The Morgan fingerprint density at radius 1 is 0.227 bits per heavy atom. The summed E-state index contributed by atoms with van der Waals surface area (Å²) in [5.74, 6) is -13.1. The topological polar surface area (TPSA) is 510 Å². The summed E-state index contributed by atoms with van der Waals surface area (Å²) in [4.78, 5) is 264. The van der Waals surface area contributed by atoms with Crippen LogP contribution in [0.25, 0.3) is 0 Å². The van der Waals surface area contributed by atoms with Crippen LogP contribution >= 0.6 is 0 Å². The van der Waals surface area contributed by atoms with Crippen molar-refractivity contribution in [1.29, 1.82) is 0 Å². The summed E-state index contributed by atoms with van der Waals surface area (Å²) < 4.78 is 0. The van der Waals surface area contributed by atoms with Crippen molar-refractivity contribution >= 4 is 106 Å². The highest BCUT2D eigenvalue weighted by atomic mass is 16.4. The van der Waals surface area contributed by atoms with E-state index in [1.807, 2.05) is 121 Å². The monoisotopic (exact) mass is 2080 g/mol. The van der Waals surface area contributed by atoms with Crippen molar-refractivity contribution in [3.05, 3.63) is 144 Å². The molecule has 2 heterocycles. The fourth-order valence-electron chi connectivity index (χ4n) is 24.5. The molecule has 2 aliphatic heterocycles. The first-order valence-corrected chi connectivity index (χ1v) is 54.2. The van der Waals surface area contributed by atoms with Crippen LogP contribution in [0.1, 0.15) is 228 Å². The molecule has 16 amide bonds. The van der Waals surface area contributed by atoms with Gasteiger partial charge in [-0.1, -0.05) is 147 Å². The molecule has 0 unspecified atom stereocenters. The van der Waals surface area contributed by atoms with E-state index in [9.17, 15) is 107 Å². The molecule has 8 aliphatic carbocycles. The number of rotatable bonds is 16. The van der Waals surface area contributed by atoms with Gasteiger partial charge in [-0.2, -0.15) is 0 Å². The van der Waals surface area contributed by atoms with Crippen LogP contribution in [0, 0.1) is 47.3 Å². The average Bonchev–Trinajstić information content (AvgIpc) is 1.62. The molecule has 10 aliphatic rings. The lowest BCUT2D eigenvalue weighted by Gasteiger charge is -2.39. The number of carbonyl (C=O) groups is 18. The van der Waals surface area contributed by atoms with Crippen LogP contribution in [0.3, 0.4) is 0 Å². The van der Waals surface area contributed by atoms with Gasteiger partial charge in [0.15, 0.2) is 0 Å². The second-order valence-corrected chi connectivity index (χ2v) is 43.8. The molecule has 12 N–H and O–H groups in total. The van der Waals surface area contributed by atoms with Crippen molar-refractivity contribution in [3.8, 4) is 0 Å².